The number of methoxy groups -OCH3 is 1. The van der Waals surface area contributed by atoms with Crippen molar-refractivity contribution in [1.82, 2.24) is 0 Å². The molecule has 0 radical (unpaired) electrons. The topological polar surface area (TPSA) is 47.3 Å². The highest BCUT2D eigenvalue weighted by molar-refractivity contribution is 5.66. The summed E-state index contributed by atoms with van der Waals surface area (Å²) >= 11 is 0. The maximum absolute atomic E-state index is 5.77. The quantitative estimate of drug-likeness (QED) is 0.772. The number of benzene rings is 2. The van der Waals surface area contributed by atoms with Crippen LogP contribution in [0.4, 0.5) is 17.1 Å². The van der Waals surface area contributed by atoms with E-state index in [0.717, 1.165) is 17.1 Å². The van der Waals surface area contributed by atoms with Gasteiger partial charge in [0, 0.05) is 29.2 Å². The lowest BCUT2D eigenvalue weighted by Gasteiger charge is -2.09. The average molecular weight is 214 g/mol. The summed E-state index contributed by atoms with van der Waals surface area (Å²) in [6, 6.07) is 15.5. The predicted octanol–water partition coefficient (Wildman–Crippen LogP) is 3.02. The van der Waals surface area contributed by atoms with Crippen LogP contribution in [0.15, 0.2) is 48.5 Å². The first-order valence-corrected chi connectivity index (χ1v) is 5.04. The van der Waals surface area contributed by atoms with Gasteiger partial charge in [0.2, 0.25) is 0 Å². The van der Waals surface area contributed by atoms with Crippen molar-refractivity contribution in [3.05, 3.63) is 48.5 Å². The van der Waals surface area contributed by atoms with Crippen LogP contribution in [0.2, 0.25) is 0 Å². The van der Waals surface area contributed by atoms with Gasteiger partial charge in [0.25, 0.3) is 0 Å². The second-order valence-corrected chi connectivity index (χ2v) is 3.49. The van der Waals surface area contributed by atoms with E-state index in [1.807, 2.05) is 42.5 Å². The molecule has 0 aliphatic heterocycles. The van der Waals surface area contributed by atoms with Crippen LogP contribution >= 0.6 is 0 Å². The van der Waals surface area contributed by atoms with Crippen LogP contribution in [0.1, 0.15) is 0 Å². The third-order valence-electron chi connectivity index (χ3n) is 2.23. The van der Waals surface area contributed by atoms with Gasteiger partial charge in [0.1, 0.15) is 5.75 Å². The molecule has 0 unspecified atom stereocenters. The molecule has 0 heterocycles. The van der Waals surface area contributed by atoms with Gasteiger partial charge in [-0.1, -0.05) is 18.2 Å². The maximum Gasteiger partial charge on any atom is 0.122 e. The minimum absolute atomic E-state index is 0.679. The lowest BCUT2D eigenvalue weighted by Crippen LogP contribution is -1.94. The standard InChI is InChI=1S/C13H14N2O/c1-16-13-8-10(14)7-12(9-13)15-11-5-3-2-4-6-11/h2-9,15H,14H2,1H3. The number of para-hydroxylation sites is 1. The molecule has 16 heavy (non-hydrogen) atoms. The fourth-order valence-electron chi connectivity index (χ4n) is 1.50. The van der Waals surface area contributed by atoms with Crippen LogP contribution in [0.3, 0.4) is 0 Å². The van der Waals surface area contributed by atoms with Crippen molar-refractivity contribution in [1.29, 1.82) is 0 Å². The Morgan fingerprint density at radius 1 is 1.00 bits per heavy atom. The molecule has 2 rings (SSSR count). The Balaban J connectivity index is 2.24. The molecule has 0 saturated heterocycles. The molecule has 2 aromatic rings. The lowest BCUT2D eigenvalue weighted by atomic mass is 10.2. The zero-order chi connectivity index (χ0) is 11.4. The Labute approximate surface area is 94.9 Å². The molecule has 3 heteroatoms. The first-order chi connectivity index (χ1) is 7.78. The second kappa shape index (κ2) is 4.57. The number of hydrogen-bond acceptors (Lipinski definition) is 3. The summed E-state index contributed by atoms with van der Waals surface area (Å²) < 4.78 is 5.15. The van der Waals surface area contributed by atoms with E-state index in [0.29, 0.717) is 5.69 Å². The summed E-state index contributed by atoms with van der Waals surface area (Å²) in [5, 5.41) is 3.26. The molecule has 0 saturated carbocycles. The van der Waals surface area contributed by atoms with E-state index in [9.17, 15) is 0 Å². The SMILES string of the molecule is COc1cc(N)cc(Nc2ccccc2)c1. The fraction of sp³-hybridized carbons (Fsp3) is 0.0769. The van der Waals surface area contributed by atoms with E-state index in [-0.39, 0.29) is 0 Å². The molecule has 0 amide bonds. The highest BCUT2D eigenvalue weighted by atomic mass is 16.5. The van der Waals surface area contributed by atoms with Crippen molar-refractivity contribution in [2.45, 2.75) is 0 Å². The van der Waals surface area contributed by atoms with Crippen LogP contribution in [0, 0.1) is 0 Å². The third kappa shape index (κ3) is 2.45. The van der Waals surface area contributed by atoms with Crippen molar-refractivity contribution < 1.29 is 4.74 Å². The molecular weight excluding hydrogens is 200 g/mol. The van der Waals surface area contributed by atoms with Gasteiger partial charge in [-0.3, -0.25) is 0 Å². The molecule has 3 N–H and O–H groups in total. The molecule has 0 aliphatic rings. The van der Waals surface area contributed by atoms with Gasteiger partial charge >= 0.3 is 0 Å². The van der Waals surface area contributed by atoms with Crippen LogP contribution in [-0.4, -0.2) is 7.11 Å². The predicted molar refractivity (Wildman–Crippen MR) is 67.1 cm³/mol. The molecule has 2 aromatic carbocycles. The first-order valence-electron chi connectivity index (χ1n) is 5.04. The number of nitrogens with two attached hydrogens (primary N) is 1. The van der Waals surface area contributed by atoms with Gasteiger partial charge in [-0.15, -0.1) is 0 Å². The summed E-state index contributed by atoms with van der Waals surface area (Å²) in [5.41, 5.74) is 8.39. The normalized spacial score (nSPS) is 9.81. The molecule has 0 aliphatic carbocycles. The second-order valence-electron chi connectivity index (χ2n) is 3.49. The average Bonchev–Trinajstić information content (AvgIpc) is 2.29. The Morgan fingerprint density at radius 2 is 1.75 bits per heavy atom. The highest BCUT2D eigenvalue weighted by Crippen LogP contribution is 2.24. The van der Waals surface area contributed by atoms with Crippen LogP contribution in [-0.2, 0) is 0 Å². The van der Waals surface area contributed by atoms with Crippen LogP contribution in [0.25, 0.3) is 0 Å². The van der Waals surface area contributed by atoms with E-state index in [4.69, 9.17) is 10.5 Å². The van der Waals surface area contributed by atoms with Crippen molar-refractivity contribution in [2.75, 3.05) is 18.2 Å². The molecular formula is C13H14N2O. The van der Waals surface area contributed by atoms with Gasteiger partial charge in [-0.2, -0.15) is 0 Å². The Morgan fingerprint density at radius 3 is 2.44 bits per heavy atom. The number of rotatable bonds is 3. The molecule has 82 valence electrons. The zero-order valence-corrected chi connectivity index (χ0v) is 9.10. The maximum atomic E-state index is 5.77. The highest BCUT2D eigenvalue weighted by Gasteiger charge is 1.99. The fourth-order valence-corrected chi connectivity index (χ4v) is 1.50. The van der Waals surface area contributed by atoms with E-state index in [2.05, 4.69) is 5.32 Å². The summed E-state index contributed by atoms with van der Waals surface area (Å²) in [4.78, 5) is 0. The summed E-state index contributed by atoms with van der Waals surface area (Å²) in [7, 11) is 1.63. The number of nitrogens with one attached hydrogen (secondary N) is 1. The Hall–Kier alpha value is -2.16. The van der Waals surface area contributed by atoms with Crippen molar-refractivity contribution >= 4 is 17.1 Å². The number of ether oxygens (including phenoxy) is 1. The summed E-state index contributed by atoms with van der Waals surface area (Å²) in [5.74, 6) is 0.749. The van der Waals surface area contributed by atoms with Gasteiger partial charge in [-0.05, 0) is 18.2 Å². The number of anilines is 3. The van der Waals surface area contributed by atoms with E-state index in [1.54, 1.807) is 13.2 Å². The Kier molecular flexibility index (Phi) is 2.96. The lowest BCUT2D eigenvalue weighted by molar-refractivity contribution is 0.415. The molecule has 3 nitrogen and oxygen atoms in total. The number of nitrogen functional groups attached to an aromatic ring is 1. The van der Waals surface area contributed by atoms with Crippen molar-refractivity contribution in [2.24, 2.45) is 0 Å². The summed E-state index contributed by atoms with van der Waals surface area (Å²) in [6.07, 6.45) is 0. The van der Waals surface area contributed by atoms with Crippen molar-refractivity contribution in [3.63, 3.8) is 0 Å². The summed E-state index contributed by atoms with van der Waals surface area (Å²) in [6.45, 7) is 0. The zero-order valence-electron chi connectivity index (χ0n) is 9.10. The van der Waals surface area contributed by atoms with Crippen LogP contribution < -0.4 is 15.8 Å². The largest absolute Gasteiger partial charge is 0.497 e. The van der Waals surface area contributed by atoms with E-state index >= 15 is 0 Å². The minimum Gasteiger partial charge on any atom is -0.497 e. The van der Waals surface area contributed by atoms with Gasteiger partial charge < -0.3 is 15.8 Å². The first kappa shape index (κ1) is 10.4. The number of hydrogen-bond donors (Lipinski definition) is 2. The molecule has 0 atom stereocenters. The van der Waals surface area contributed by atoms with Gasteiger partial charge in [0.15, 0.2) is 0 Å². The smallest absolute Gasteiger partial charge is 0.122 e. The van der Waals surface area contributed by atoms with Crippen molar-refractivity contribution in [3.8, 4) is 5.75 Å². The Bertz CT molecular complexity index is 469. The third-order valence-corrected chi connectivity index (χ3v) is 2.23. The monoisotopic (exact) mass is 214 g/mol. The molecule has 0 spiro atoms. The van der Waals surface area contributed by atoms with E-state index in [1.165, 1.54) is 0 Å². The molecule has 0 aromatic heterocycles. The van der Waals surface area contributed by atoms with Gasteiger partial charge in [-0.25, -0.2) is 0 Å². The van der Waals surface area contributed by atoms with E-state index < -0.39 is 0 Å². The van der Waals surface area contributed by atoms with Gasteiger partial charge in [0.05, 0.1) is 7.11 Å². The molecule has 0 fully saturated rings. The van der Waals surface area contributed by atoms with Crippen LogP contribution in [0.5, 0.6) is 5.75 Å². The minimum atomic E-state index is 0.679. The molecule has 0 bridgehead atoms.